The van der Waals surface area contributed by atoms with E-state index in [4.69, 9.17) is 4.74 Å². The Morgan fingerprint density at radius 2 is 2.36 bits per heavy atom. The van der Waals surface area contributed by atoms with Crippen LogP contribution in [0, 0.1) is 11.8 Å². The van der Waals surface area contributed by atoms with Gasteiger partial charge in [0.1, 0.15) is 0 Å². The van der Waals surface area contributed by atoms with E-state index in [0.29, 0.717) is 11.8 Å². The first-order chi connectivity index (χ1) is 6.79. The van der Waals surface area contributed by atoms with Gasteiger partial charge in [-0.3, -0.25) is 0 Å². The van der Waals surface area contributed by atoms with Crippen molar-refractivity contribution in [3.05, 3.63) is 37.0 Å². The minimum atomic E-state index is 0.506. The van der Waals surface area contributed by atoms with Crippen molar-refractivity contribution >= 4 is 0 Å². The molecule has 2 atom stereocenters. The maximum absolute atomic E-state index is 5.19. The molecule has 2 heteroatoms. The van der Waals surface area contributed by atoms with Gasteiger partial charge in [-0.2, -0.15) is 0 Å². The molecular formula is C12H19NO. The highest BCUT2D eigenvalue weighted by Gasteiger charge is 2.27. The quantitative estimate of drug-likeness (QED) is 0.672. The predicted octanol–water partition coefficient (Wildman–Crippen LogP) is 1.77. The first-order valence-corrected chi connectivity index (χ1v) is 4.97. The summed E-state index contributed by atoms with van der Waals surface area (Å²) < 4.78 is 5.19. The van der Waals surface area contributed by atoms with Crippen molar-refractivity contribution in [2.75, 3.05) is 26.8 Å². The molecule has 78 valence electrons. The maximum Gasteiger partial charge on any atom is 0.0508 e. The van der Waals surface area contributed by atoms with E-state index in [2.05, 4.69) is 18.5 Å². The summed E-state index contributed by atoms with van der Waals surface area (Å²) in [5.41, 5.74) is 1.16. The smallest absolute Gasteiger partial charge is 0.0508 e. The number of ether oxygens (including phenoxy) is 1. The minimum Gasteiger partial charge on any atom is -0.384 e. The van der Waals surface area contributed by atoms with Crippen LogP contribution in [-0.4, -0.2) is 26.8 Å². The molecule has 0 radical (unpaired) electrons. The molecule has 1 aliphatic heterocycles. The maximum atomic E-state index is 5.19. The summed E-state index contributed by atoms with van der Waals surface area (Å²) in [6.07, 6.45) is 5.75. The third kappa shape index (κ3) is 2.82. The second kappa shape index (κ2) is 5.78. The normalized spacial score (nSPS) is 26.9. The van der Waals surface area contributed by atoms with Gasteiger partial charge in [0.15, 0.2) is 0 Å². The number of allylic oxidation sites excluding steroid dienone is 3. The van der Waals surface area contributed by atoms with Gasteiger partial charge in [0.2, 0.25) is 0 Å². The molecule has 1 aliphatic rings. The van der Waals surface area contributed by atoms with Crippen LogP contribution >= 0.6 is 0 Å². The van der Waals surface area contributed by atoms with Crippen LogP contribution < -0.4 is 5.32 Å². The summed E-state index contributed by atoms with van der Waals surface area (Å²) in [5.74, 6) is 1.06. The lowest BCUT2D eigenvalue weighted by molar-refractivity contribution is 0.147. The van der Waals surface area contributed by atoms with Gasteiger partial charge in [-0.05, 0) is 0 Å². The number of rotatable bonds is 5. The zero-order chi connectivity index (χ0) is 10.4. The molecular weight excluding hydrogens is 174 g/mol. The van der Waals surface area contributed by atoms with Crippen molar-refractivity contribution in [3.8, 4) is 0 Å². The van der Waals surface area contributed by atoms with Gasteiger partial charge in [-0.1, -0.05) is 37.0 Å². The van der Waals surface area contributed by atoms with Crippen LogP contribution in [0.2, 0.25) is 0 Å². The third-order valence-electron chi connectivity index (χ3n) is 2.64. The molecule has 0 aromatic heterocycles. The number of methoxy groups -OCH3 is 1. The van der Waals surface area contributed by atoms with Crippen LogP contribution in [0.4, 0.5) is 0 Å². The molecule has 14 heavy (non-hydrogen) atoms. The van der Waals surface area contributed by atoms with Gasteiger partial charge in [0, 0.05) is 32.0 Å². The van der Waals surface area contributed by atoms with Crippen molar-refractivity contribution in [3.63, 3.8) is 0 Å². The molecule has 1 heterocycles. The van der Waals surface area contributed by atoms with E-state index in [1.807, 2.05) is 12.2 Å². The van der Waals surface area contributed by atoms with Gasteiger partial charge in [0.05, 0.1) is 6.61 Å². The lowest BCUT2D eigenvalue weighted by Gasteiger charge is -2.17. The second-order valence-corrected chi connectivity index (χ2v) is 3.65. The number of hydrogen-bond acceptors (Lipinski definition) is 2. The molecule has 1 saturated heterocycles. The van der Waals surface area contributed by atoms with Crippen molar-refractivity contribution in [1.82, 2.24) is 5.32 Å². The second-order valence-electron chi connectivity index (χ2n) is 3.65. The number of nitrogens with one attached hydrogen (secondary N) is 1. The Labute approximate surface area is 86.3 Å². The van der Waals surface area contributed by atoms with Gasteiger partial charge in [-0.25, -0.2) is 0 Å². The van der Waals surface area contributed by atoms with Crippen LogP contribution in [-0.2, 0) is 4.74 Å². The fraction of sp³-hybridized carbons (Fsp3) is 0.500. The van der Waals surface area contributed by atoms with E-state index in [0.717, 1.165) is 25.3 Å². The predicted molar refractivity (Wildman–Crippen MR) is 60.2 cm³/mol. The fourth-order valence-electron chi connectivity index (χ4n) is 1.87. The molecule has 0 amide bonds. The summed E-state index contributed by atoms with van der Waals surface area (Å²) in [6.45, 7) is 10.6. The van der Waals surface area contributed by atoms with Crippen LogP contribution in [0.15, 0.2) is 37.0 Å². The molecule has 2 nitrogen and oxygen atoms in total. The summed E-state index contributed by atoms with van der Waals surface area (Å²) in [5, 5.41) is 3.36. The van der Waals surface area contributed by atoms with Crippen LogP contribution in [0.1, 0.15) is 0 Å². The Morgan fingerprint density at radius 3 is 3.00 bits per heavy atom. The van der Waals surface area contributed by atoms with E-state index in [1.54, 1.807) is 13.2 Å². The molecule has 0 aromatic carbocycles. The summed E-state index contributed by atoms with van der Waals surface area (Å²) >= 11 is 0. The molecule has 0 aliphatic carbocycles. The van der Waals surface area contributed by atoms with E-state index in [-0.39, 0.29) is 0 Å². The van der Waals surface area contributed by atoms with Crippen molar-refractivity contribution in [2.24, 2.45) is 11.8 Å². The summed E-state index contributed by atoms with van der Waals surface area (Å²) in [6, 6.07) is 0. The van der Waals surface area contributed by atoms with Crippen molar-refractivity contribution < 1.29 is 4.74 Å². The fourth-order valence-corrected chi connectivity index (χ4v) is 1.87. The largest absolute Gasteiger partial charge is 0.384 e. The highest BCUT2D eigenvalue weighted by atomic mass is 16.5. The lowest BCUT2D eigenvalue weighted by atomic mass is 9.90. The first-order valence-electron chi connectivity index (χ1n) is 4.97. The molecule has 1 rings (SSSR count). The molecule has 0 bridgehead atoms. The Hall–Kier alpha value is -0.860. The zero-order valence-corrected chi connectivity index (χ0v) is 8.83. The van der Waals surface area contributed by atoms with Crippen molar-refractivity contribution in [1.29, 1.82) is 0 Å². The minimum absolute atomic E-state index is 0.506. The lowest BCUT2D eigenvalue weighted by Crippen LogP contribution is -2.18. The Morgan fingerprint density at radius 1 is 1.57 bits per heavy atom. The Kier molecular flexibility index (Phi) is 4.63. The third-order valence-corrected chi connectivity index (χ3v) is 2.64. The average Bonchev–Trinajstić information content (AvgIpc) is 2.63. The van der Waals surface area contributed by atoms with Gasteiger partial charge in [-0.15, -0.1) is 0 Å². The Bertz CT molecular complexity index is 232. The van der Waals surface area contributed by atoms with E-state index >= 15 is 0 Å². The average molecular weight is 193 g/mol. The number of hydrogen-bond donors (Lipinski definition) is 1. The van der Waals surface area contributed by atoms with Gasteiger partial charge >= 0.3 is 0 Å². The molecule has 0 unspecified atom stereocenters. The van der Waals surface area contributed by atoms with E-state index in [9.17, 15) is 0 Å². The monoisotopic (exact) mass is 193 g/mol. The van der Waals surface area contributed by atoms with E-state index in [1.165, 1.54) is 0 Å². The topological polar surface area (TPSA) is 21.3 Å². The van der Waals surface area contributed by atoms with E-state index < -0.39 is 0 Å². The van der Waals surface area contributed by atoms with Gasteiger partial charge < -0.3 is 10.1 Å². The molecule has 1 fully saturated rings. The SMILES string of the molecule is C=C/C=C\C(=C)[C@H]1CNC[C@@H]1COC. The summed E-state index contributed by atoms with van der Waals surface area (Å²) in [4.78, 5) is 0. The zero-order valence-electron chi connectivity index (χ0n) is 8.83. The molecule has 0 saturated carbocycles. The van der Waals surface area contributed by atoms with Crippen LogP contribution in [0.5, 0.6) is 0 Å². The first kappa shape index (κ1) is 11.2. The summed E-state index contributed by atoms with van der Waals surface area (Å²) in [7, 11) is 1.75. The highest BCUT2D eigenvalue weighted by molar-refractivity contribution is 5.23. The van der Waals surface area contributed by atoms with Crippen LogP contribution in [0.25, 0.3) is 0 Å². The van der Waals surface area contributed by atoms with Gasteiger partial charge in [0.25, 0.3) is 0 Å². The van der Waals surface area contributed by atoms with Crippen LogP contribution in [0.3, 0.4) is 0 Å². The molecule has 1 N–H and O–H groups in total. The standard InChI is InChI=1S/C12H19NO/c1-4-5-6-10(2)12-8-13-7-11(12)9-14-3/h4-6,11-13H,1-2,7-9H2,3H3/b6-5-/t11-,12-/m1/s1. The molecule has 0 aromatic rings. The highest BCUT2D eigenvalue weighted by Crippen LogP contribution is 2.24. The van der Waals surface area contributed by atoms with Crippen molar-refractivity contribution in [2.45, 2.75) is 0 Å². The Balaban J connectivity index is 2.52. The molecule has 0 spiro atoms.